The molecule has 2 aromatic rings. The first-order valence-electron chi connectivity index (χ1n) is 5.81. The molecule has 0 atom stereocenters. The molecule has 0 saturated heterocycles. The number of rotatable bonds is 3. The number of nitrogen functional groups attached to an aromatic ring is 1. The molecule has 2 heterocycles. The van der Waals surface area contributed by atoms with E-state index in [0.717, 1.165) is 29.8 Å². The van der Waals surface area contributed by atoms with E-state index in [9.17, 15) is 0 Å². The molecular formula is C13H16N4. The Bertz CT molecular complexity index is 523. The molecule has 17 heavy (non-hydrogen) atoms. The molecule has 4 heteroatoms. The Morgan fingerprint density at radius 3 is 2.71 bits per heavy atom. The molecule has 0 spiro atoms. The minimum Gasteiger partial charge on any atom is -0.396 e. The van der Waals surface area contributed by atoms with Gasteiger partial charge in [0.15, 0.2) is 5.82 Å². The largest absolute Gasteiger partial charge is 0.396 e. The van der Waals surface area contributed by atoms with Crippen molar-refractivity contribution in [2.24, 2.45) is 0 Å². The second-order valence-corrected chi connectivity index (χ2v) is 3.81. The number of nitrogens with zero attached hydrogens (tertiary/aromatic N) is 3. The molecule has 4 nitrogen and oxygen atoms in total. The highest BCUT2D eigenvalue weighted by Crippen LogP contribution is 2.19. The molecule has 2 aromatic heterocycles. The summed E-state index contributed by atoms with van der Waals surface area (Å²) in [4.78, 5) is 13.1. The van der Waals surface area contributed by atoms with Crippen molar-refractivity contribution in [3.8, 4) is 11.5 Å². The smallest absolute Gasteiger partial charge is 0.178 e. The third-order valence-corrected chi connectivity index (χ3v) is 2.72. The number of aromatic nitrogens is 3. The Kier molecular flexibility index (Phi) is 3.32. The zero-order valence-electron chi connectivity index (χ0n) is 10.1. The van der Waals surface area contributed by atoms with Crippen LogP contribution in [0.25, 0.3) is 11.5 Å². The maximum absolute atomic E-state index is 5.80. The van der Waals surface area contributed by atoms with E-state index in [4.69, 9.17) is 5.73 Å². The summed E-state index contributed by atoms with van der Waals surface area (Å²) in [5, 5.41) is 0. The van der Waals surface area contributed by atoms with E-state index < -0.39 is 0 Å². The first kappa shape index (κ1) is 11.5. The molecule has 2 N–H and O–H groups in total. The van der Waals surface area contributed by atoms with Gasteiger partial charge in [0.05, 0.1) is 17.6 Å². The first-order valence-corrected chi connectivity index (χ1v) is 5.81. The van der Waals surface area contributed by atoms with Crippen LogP contribution in [0.3, 0.4) is 0 Å². The van der Waals surface area contributed by atoms with Crippen LogP contribution in [0.5, 0.6) is 0 Å². The maximum Gasteiger partial charge on any atom is 0.178 e. The number of aryl methyl sites for hydroxylation is 2. The van der Waals surface area contributed by atoms with Crippen molar-refractivity contribution < 1.29 is 0 Å². The molecule has 0 unspecified atom stereocenters. The molecule has 2 rings (SSSR count). The lowest BCUT2D eigenvalue weighted by atomic mass is 10.1. The van der Waals surface area contributed by atoms with Crippen molar-refractivity contribution in [2.45, 2.75) is 26.7 Å². The van der Waals surface area contributed by atoms with Crippen LogP contribution >= 0.6 is 0 Å². The molecule has 0 aliphatic carbocycles. The highest BCUT2D eigenvalue weighted by molar-refractivity contribution is 5.56. The molecule has 0 aliphatic heterocycles. The third kappa shape index (κ3) is 2.25. The quantitative estimate of drug-likeness (QED) is 0.875. The van der Waals surface area contributed by atoms with Gasteiger partial charge in [0, 0.05) is 6.20 Å². The van der Waals surface area contributed by atoms with Crippen LogP contribution in [0.1, 0.15) is 25.1 Å². The lowest BCUT2D eigenvalue weighted by Crippen LogP contribution is -2.02. The Morgan fingerprint density at radius 1 is 1.18 bits per heavy atom. The van der Waals surface area contributed by atoms with Crippen molar-refractivity contribution in [2.75, 3.05) is 5.73 Å². The molecule has 0 fully saturated rings. The van der Waals surface area contributed by atoms with Gasteiger partial charge in [-0.1, -0.05) is 19.9 Å². The van der Waals surface area contributed by atoms with E-state index in [0.29, 0.717) is 11.5 Å². The molecule has 0 aromatic carbocycles. The van der Waals surface area contributed by atoms with E-state index in [2.05, 4.69) is 21.9 Å². The van der Waals surface area contributed by atoms with Crippen LogP contribution in [0.4, 0.5) is 5.69 Å². The summed E-state index contributed by atoms with van der Waals surface area (Å²) >= 11 is 0. The van der Waals surface area contributed by atoms with Crippen LogP contribution in [-0.2, 0) is 12.8 Å². The van der Waals surface area contributed by atoms with Gasteiger partial charge in [-0.3, -0.25) is 4.98 Å². The van der Waals surface area contributed by atoms with Gasteiger partial charge in [-0.2, -0.15) is 0 Å². The van der Waals surface area contributed by atoms with Crippen LogP contribution in [0, 0.1) is 0 Å². The minimum atomic E-state index is 0.644. The molecule has 88 valence electrons. The SMILES string of the molecule is CCc1cccnc1-c1ncc(N)c(CC)n1. The lowest BCUT2D eigenvalue weighted by molar-refractivity contribution is 0.993. The highest BCUT2D eigenvalue weighted by atomic mass is 14.9. The molecule has 0 radical (unpaired) electrons. The summed E-state index contributed by atoms with van der Waals surface area (Å²) in [7, 11) is 0. The fourth-order valence-corrected chi connectivity index (χ4v) is 1.75. The second kappa shape index (κ2) is 4.91. The average Bonchev–Trinajstić information content (AvgIpc) is 2.39. The maximum atomic E-state index is 5.80. The predicted octanol–water partition coefficient (Wildman–Crippen LogP) is 2.25. The van der Waals surface area contributed by atoms with Gasteiger partial charge in [0.25, 0.3) is 0 Å². The molecule has 0 bridgehead atoms. The van der Waals surface area contributed by atoms with E-state index in [1.807, 2.05) is 19.1 Å². The molecule has 0 aliphatic rings. The highest BCUT2D eigenvalue weighted by Gasteiger charge is 2.09. The summed E-state index contributed by atoms with van der Waals surface area (Å²) in [6.45, 7) is 4.13. The van der Waals surface area contributed by atoms with Gasteiger partial charge < -0.3 is 5.73 Å². The molecular weight excluding hydrogens is 212 g/mol. The predicted molar refractivity (Wildman–Crippen MR) is 68.4 cm³/mol. The summed E-state index contributed by atoms with van der Waals surface area (Å²) in [6, 6.07) is 3.98. The summed E-state index contributed by atoms with van der Waals surface area (Å²) in [5.41, 5.74) is 9.33. The monoisotopic (exact) mass is 228 g/mol. The summed E-state index contributed by atoms with van der Waals surface area (Å²) < 4.78 is 0. The number of anilines is 1. The standard InChI is InChI=1S/C13H16N4/c1-3-9-6-5-7-15-12(9)13-16-8-10(14)11(4-2)17-13/h5-8H,3-4,14H2,1-2H3. The number of nitrogens with two attached hydrogens (primary N) is 1. The van der Waals surface area contributed by atoms with Crippen LogP contribution in [-0.4, -0.2) is 15.0 Å². The Hall–Kier alpha value is -1.97. The normalized spacial score (nSPS) is 10.5. The lowest BCUT2D eigenvalue weighted by Gasteiger charge is -2.07. The van der Waals surface area contributed by atoms with Crippen molar-refractivity contribution >= 4 is 5.69 Å². The van der Waals surface area contributed by atoms with E-state index in [-0.39, 0.29) is 0 Å². The minimum absolute atomic E-state index is 0.644. The zero-order valence-corrected chi connectivity index (χ0v) is 10.1. The fraction of sp³-hybridized carbons (Fsp3) is 0.308. The van der Waals surface area contributed by atoms with Crippen molar-refractivity contribution in [3.05, 3.63) is 35.8 Å². The van der Waals surface area contributed by atoms with Crippen LogP contribution in [0.2, 0.25) is 0 Å². The van der Waals surface area contributed by atoms with E-state index in [1.54, 1.807) is 12.4 Å². The van der Waals surface area contributed by atoms with Gasteiger partial charge in [0.2, 0.25) is 0 Å². The van der Waals surface area contributed by atoms with Crippen molar-refractivity contribution in [1.82, 2.24) is 15.0 Å². The number of hydrogen-bond donors (Lipinski definition) is 1. The van der Waals surface area contributed by atoms with Crippen LogP contribution < -0.4 is 5.73 Å². The first-order chi connectivity index (χ1) is 8.26. The van der Waals surface area contributed by atoms with Crippen molar-refractivity contribution in [1.29, 1.82) is 0 Å². The third-order valence-electron chi connectivity index (χ3n) is 2.72. The number of hydrogen-bond acceptors (Lipinski definition) is 4. The van der Waals surface area contributed by atoms with E-state index >= 15 is 0 Å². The molecule has 0 saturated carbocycles. The van der Waals surface area contributed by atoms with Crippen LogP contribution in [0.15, 0.2) is 24.5 Å². The second-order valence-electron chi connectivity index (χ2n) is 3.81. The van der Waals surface area contributed by atoms with Gasteiger partial charge in [0.1, 0.15) is 5.69 Å². The topological polar surface area (TPSA) is 64.7 Å². The van der Waals surface area contributed by atoms with Gasteiger partial charge in [-0.15, -0.1) is 0 Å². The van der Waals surface area contributed by atoms with Gasteiger partial charge in [-0.25, -0.2) is 9.97 Å². The zero-order chi connectivity index (χ0) is 12.3. The van der Waals surface area contributed by atoms with Crippen molar-refractivity contribution in [3.63, 3.8) is 0 Å². The molecule has 0 amide bonds. The Morgan fingerprint density at radius 2 is 2.00 bits per heavy atom. The van der Waals surface area contributed by atoms with Gasteiger partial charge in [-0.05, 0) is 24.5 Å². The Labute approximate surface area is 101 Å². The Balaban J connectivity index is 2.53. The number of pyridine rings is 1. The fourth-order valence-electron chi connectivity index (χ4n) is 1.75. The average molecular weight is 228 g/mol. The van der Waals surface area contributed by atoms with E-state index in [1.165, 1.54) is 0 Å². The summed E-state index contributed by atoms with van der Waals surface area (Å²) in [5.74, 6) is 0.661. The summed E-state index contributed by atoms with van der Waals surface area (Å²) in [6.07, 6.45) is 5.14. The van der Waals surface area contributed by atoms with Gasteiger partial charge >= 0.3 is 0 Å².